The highest BCUT2D eigenvalue weighted by atomic mass is 79.9. The number of para-hydroxylation sites is 1. The van der Waals surface area contributed by atoms with Crippen LogP contribution in [0.2, 0.25) is 0 Å². The number of hydrogen-bond acceptors (Lipinski definition) is 2. The van der Waals surface area contributed by atoms with Gasteiger partial charge in [-0.2, -0.15) is 0 Å². The maximum absolute atomic E-state index is 10.4. The molecule has 0 bridgehead atoms. The van der Waals surface area contributed by atoms with Crippen LogP contribution in [-0.4, -0.2) is 17.7 Å². The van der Waals surface area contributed by atoms with Crippen LogP contribution in [0.15, 0.2) is 28.7 Å². The van der Waals surface area contributed by atoms with Crippen LogP contribution in [0.25, 0.3) is 6.08 Å². The van der Waals surface area contributed by atoms with E-state index in [0.717, 1.165) is 10.5 Å². The lowest BCUT2D eigenvalue weighted by atomic mass is 10.2. The summed E-state index contributed by atoms with van der Waals surface area (Å²) in [6, 6.07) is 5.33. The summed E-state index contributed by atoms with van der Waals surface area (Å²) >= 11 is 3.31. The highest BCUT2D eigenvalue weighted by Gasteiger charge is 2.05. The van der Waals surface area contributed by atoms with Crippen molar-refractivity contribution in [2.45, 2.75) is 0 Å². The van der Waals surface area contributed by atoms with E-state index in [1.807, 2.05) is 0 Å². The summed E-state index contributed by atoms with van der Waals surface area (Å²) in [6.45, 7) is 0.135. The fourth-order valence-electron chi connectivity index (χ4n) is 1.08. The molecule has 0 saturated carbocycles. The molecule has 0 spiro atoms. The second-order valence-electron chi connectivity index (χ2n) is 2.82. The van der Waals surface area contributed by atoms with Gasteiger partial charge in [-0.1, -0.05) is 18.1 Å². The van der Waals surface area contributed by atoms with Crippen molar-refractivity contribution in [3.8, 4) is 18.1 Å². The number of carboxylic acid groups (broad SMARTS) is 1. The Bertz CT molecular complexity index is 458. The van der Waals surface area contributed by atoms with Gasteiger partial charge in [-0.15, -0.1) is 6.42 Å². The van der Waals surface area contributed by atoms with Crippen LogP contribution in [0.4, 0.5) is 0 Å². The number of ether oxygens (including phenoxy) is 1. The molecule has 0 unspecified atom stereocenters. The van der Waals surface area contributed by atoms with E-state index in [9.17, 15) is 4.79 Å². The first kappa shape index (κ1) is 12.3. The SMILES string of the molecule is C#CCOc1c(Br)cccc1C=CC(=O)O. The third kappa shape index (κ3) is 3.44. The van der Waals surface area contributed by atoms with Crippen molar-refractivity contribution < 1.29 is 14.6 Å². The quantitative estimate of drug-likeness (QED) is 0.681. The highest BCUT2D eigenvalue weighted by Crippen LogP contribution is 2.29. The van der Waals surface area contributed by atoms with Crippen molar-refractivity contribution in [3.05, 3.63) is 34.3 Å². The maximum atomic E-state index is 10.4. The van der Waals surface area contributed by atoms with Gasteiger partial charge >= 0.3 is 5.97 Å². The van der Waals surface area contributed by atoms with Gasteiger partial charge in [0.05, 0.1) is 4.47 Å². The number of aliphatic carboxylic acids is 1. The number of halogens is 1. The number of rotatable bonds is 4. The van der Waals surface area contributed by atoms with Crippen LogP contribution in [0, 0.1) is 12.3 Å². The van der Waals surface area contributed by atoms with Crippen LogP contribution in [-0.2, 0) is 4.79 Å². The van der Waals surface area contributed by atoms with Crippen LogP contribution in [0.1, 0.15) is 5.56 Å². The van der Waals surface area contributed by atoms with E-state index >= 15 is 0 Å². The van der Waals surface area contributed by atoms with Gasteiger partial charge in [0, 0.05) is 11.6 Å². The second kappa shape index (κ2) is 5.99. The molecule has 1 aromatic carbocycles. The Morgan fingerprint density at radius 2 is 2.38 bits per heavy atom. The third-order valence-corrected chi connectivity index (χ3v) is 2.33. The van der Waals surface area contributed by atoms with Gasteiger partial charge in [-0.05, 0) is 28.1 Å². The lowest BCUT2D eigenvalue weighted by Crippen LogP contribution is -1.97. The fraction of sp³-hybridized carbons (Fsp3) is 0.0833. The van der Waals surface area contributed by atoms with Crippen LogP contribution < -0.4 is 4.74 Å². The van der Waals surface area contributed by atoms with Crippen molar-refractivity contribution in [1.82, 2.24) is 0 Å². The second-order valence-corrected chi connectivity index (χ2v) is 3.68. The number of terminal acetylenes is 1. The van der Waals surface area contributed by atoms with E-state index in [1.54, 1.807) is 18.2 Å². The molecule has 0 aliphatic rings. The van der Waals surface area contributed by atoms with E-state index < -0.39 is 5.97 Å². The molecule has 16 heavy (non-hydrogen) atoms. The molecule has 0 aliphatic heterocycles. The lowest BCUT2D eigenvalue weighted by Gasteiger charge is -2.08. The maximum Gasteiger partial charge on any atom is 0.328 e. The molecule has 0 aromatic heterocycles. The number of carboxylic acids is 1. The Hall–Kier alpha value is -1.73. The molecule has 0 aliphatic carbocycles. The summed E-state index contributed by atoms with van der Waals surface area (Å²) in [7, 11) is 0. The average molecular weight is 281 g/mol. The predicted molar refractivity (Wildman–Crippen MR) is 65.1 cm³/mol. The summed E-state index contributed by atoms with van der Waals surface area (Å²) < 4.78 is 6.05. The smallest absolute Gasteiger partial charge is 0.328 e. The monoisotopic (exact) mass is 280 g/mol. The lowest BCUT2D eigenvalue weighted by molar-refractivity contribution is -0.131. The molecule has 3 nitrogen and oxygen atoms in total. The zero-order valence-electron chi connectivity index (χ0n) is 8.31. The van der Waals surface area contributed by atoms with Gasteiger partial charge < -0.3 is 9.84 Å². The number of hydrogen-bond donors (Lipinski definition) is 1. The fourth-order valence-corrected chi connectivity index (χ4v) is 1.58. The Labute approximate surface area is 102 Å². The summed E-state index contributed by atoms with van der Waals surface area (Å²) in [6.07, 6.45) is 7.60. The molecular formula is C12H9BrO3. The molecule has 0 heterocycles. The first-order valence-electron chi connectivity index (χ1n) is 4.41. The molecule has 0 radical (unpaired) electrons. The number of benzene rings is 1. The Balaban J connectivity index is 3.03. The van der Waals surface area contributed by atoms with E-state index in [1.165, 1.54) is 6.08 Å². The van der Waals surface area contributed by atoms with Crippen molar-refractivity contribution in [2.24, 2.45) is 0 Å². The molecule has 1 aromatic rings. The van der Waals surface area contributed by atoms with E-state index in [0.29, 0.717) is 11.3 Å². The standard InChI is InChI=1S/C12H9BrO3/c1-2-8-16-12-9(6-7-11(14)15)4-3-5-10(12)13/h1,3-7H,8H2,(H,14,15). The minimum absolute atomic E-state index is 0.135. The molecular weight excluding hydrogens is 272 g/mol. The largest absolute Gasteiger partial charge is 0.479 e. The molecule has 0 fully saturated rings. The van der Waals surface area contributed by atoms with Crippen LogP contribution in [0.3, 0.4) is 0 Å². The molecule has 0 amide bonds. The van der Waals surface area contributed by atoms with Crippen LogP contribution >= 0.6 is 15.9 Å². The van der Waals surface area contributed by atoms with Gasteiger partial charge in [-0.3, -0.25) is 0 Å². The van der Waals surface area contributed by atoms with Crippen molar-refractivity contribution in [1.29, 1.82) is 0 Å². The van der Waals surface area contributed by atoms with Gasteiger partial charge in [0.25, 0.3) is 0 Å². The van der Waals surface area contributed by atoms with E-state index in [4.69, 9.17) is 16.3 Å². The summed E-state index contributed by atoms with van der Waals surface area (Å²) in [5, 5.41) is 8.54. The van der Waals surface area contributed by atoms with Gasteiger partial charge in [-0.25, -0.2) is 4.79 Å². The first-order chi connectivity index (χ1) is 7.65. The Kier molecular flexibility index (Phi) is 4.62. The van der Waals surface area contributed by atoms with E-state index in [2.05, 4.69) is 21.9 Å². The molecule has 82 valence electrons. The minimum Gasteiger partial charge on any atom is -0.479 e. The van der Waals surface area contributed by atoms with Crippen LogP contribution in [0.5, 0.6) is 5.75 Å². The highest BCUT2D eigenvalue weighted by molar-refractivity contribution is 9.10. The third-order valence-electron chi connectivity index (χ3n) is 1.70. The van der Waals surface area contributed by atoms with Crippen molar-refractivity contribution in [2.75, 3.05) is 6.61 Å². The molecule has 1 rings (SSSR count). The molecule has 1 N–H and O–H groups in total. The zero-order chi connectivity index (χ0) is 12.0. The van der Waals surface area contributed by atoms with Crippen molar-refractivity contribution >= 4 is 28.0 Å². The summed E-state index contributed by atoms with van der Waals surface area (Å²) in [5.41, 5.74) is 0.659. The first-order valence-corrected chi connectivity index (χ1v) is 5.20. The van der Waals surface area contributed by atoms with Crippen molar-refractivity contribution in [3.63, 3.8) is 0 Å². The average Bonchev–Trinajstić information content (AvgIpc) is 2.25. The molecule has 0 saturated heterocycles. The van der Waals surface area contributed by atoms with Gasteiger partial charge in [0.15, 0.2) is 0 Å². The topological polar surface area (TPSA) is 46.5 Å². The minimum atomic E-state index is -1.01. The predicted octanol–water partition coefficient (Wildman–Crippen LogP) is 2.56. The normalized spacial score (nSPS) is 10.0. The molecule has 0 atom stereocenters. The number of carbonyl (C=O) groups is 1. The zero-order valence-corrected chi connectivity index (χ0v) is 9.90. The summed E-state index contributed by atoms with van der Waals surface area (Å²) in [4.78, 5) is 10.4. The Morgan fingerprint density at radius 3 is 3.00 bits per heavy atom. The van der Waals surface area contributed by atoms with E-state index in [-0.39, 0.29) is 6.61 Å². The molecule has 4 heteroatoms. The Morgan fingerprint density at radius 1 is 1.62 bits per heavy atom. The van der Waals surface area contributed by atoms with Gasteiger partial charge in [0.2, 0.25) is 0 Å². The van der Waals surface area contributed by atoms with Gasteiger partial charge in [0.1, 0.15) is 12.4 Å². The summed E-state index contributed by atoms with van der Waals surface area (Å²) in [5.74, 6) is 1.88.